The summed E-state index contributed by atoms with van der Waals surface area (Å²) in [5.41, 5.74) is 0. The lowest BCUT2D eigenvalue weighted by Crippen LogP contribution is -2.44. The molecule has 4 heteroatoms. The van der Waals surface area contributed by atoms with Gasteiger partial charge < -0.3 is 15.0 Å². The smallest absolute Gasteiger partial charge is 0.219 e. The maximum Gasteiger partial charge on any atom is 0.219 e. The molecule has 106 valence electrons. The van der Waals surface area contributed by atoms with Gasteiger partial charge in [-0.2, -0.15) is 0 Å². The van der Waals surface area contributed by atoms with Crippen molar-refractivity contribution in [2.45, 2.75) is 52.0 Å². The van der Waals surface area contributed by atoms with Crippen LogP contribution in [0, 0.1) is 0 Å². The molecule has 1 N–H and O–H groups in total. The van der Waals surface area contributed by atoms with Crippen molar-refractivity contribution in [2.24, 2.45) is 0 Å². The fourth-order valence-electron chi connectivity index (χ4n) is 2.23. The summed E-state index contributed by atoms with van der Waals surface area (Å²) in [6, 6.07) is 0.580. The molecule has 0 aromatic rings. The predicted molar refractivity (Wildman–Crippen MR) is 73.6 cm³/mol. The van der Waals surface area contributed by atoms with Crippen LogP contribution in [0.1, 0.15) is 46.0 Å². The third-order valence-electron chi connectivity index (χ3n) is 3.48. The number of piperidine rings is 1. The first-order chi connectivity index (χ1) is 8.74. The van der Waals surface area contributed by atoms with E-state index < -0.39 is 0 Å². The number of hydrogen-bond acceptors (Lipinski definition) is 3. The van der Waals surface area contributed by atoms with Gasteiger partial charge in [0, 0.05) is 39.3 Å². The summed E-state index contributed by atoms with van der Waals surface area (Å²) < 4.78 is 5.52. The molecule has 0 aromatic carbocycles. The van der Waals surface area contributed by atoms with Gasteiger partial charge in [-0.1, -0.05) is 13.3 Å². The Kier molecular flexibility index (Phi) is 8.01. The minimum absolute atomic E-state index is 0.206. The van der Waals surface area contributed by atoms with Crippen LogP contribution in [0.3, 0.4) is 0 Å². The molecule has 0 aromatic heterocycles. The summed E-state index contributed by atoms with van der Waals surface area (Å²) in [5, 5.41) is 3.55. The largest absolute Gasteiger partial charge is 0.381 e. The molecule has 0 saturated carbocycles. The molecular weight excluding hydrogens is 228 g/mol. The second-order valence-electron chi connectivity index (χ2n) is 5.05. The fourth-order valence-corrected chi connectivity index (χ4v) is 2.23. The molecule has 0 atom stereocenters. The zero-order chi connectivity index (χ0) is 13.2. The van der Waals surface area contributed by atoms with Crippen molar-refractivity contribution < 1.29 is 9.53 Å². The molecular formula is C14H28N2O2. The maximum atomic E-state index is 11.2. The highest BCUT2D eigenvalue weighted by molar-refractivity contribution is 5.73. The van der Waals surface area contributed by atoms with E-state index in [1.54, 1.807) is 6.92 Å². The lowest BCUT2D eigenvalue weighted by molar-refractivity contribution is -0.129. The van der Waals surface area contributed by atoms with Crippen molar-refractivity contribution in [1.82, 2.24) is 10.2 Å². The van der Waals surface area contributed by atoms with E-state index >= 15 is 0 Å². The molecule has 1 rings (SSSR count). The average molecular weight is 256 g/mol. The van der Waals surface area contributed by atoms with E-state index in [2.05, 4.69) is 12.2 Å². The summed E-state index contributed by atoms with van der Waals surface area (Å²) in [5.74, 6) is 0.206. The highest BCUT2D eigenvalue weighted by Gasteiger charge is 2.19. The van der Waals surface area contributed by atoms with Crippen molar-refractivity contribution in [2.75, 3.05) is 32.8 Å². The Bertz CT molecular complexity index is 226. The number of unbranched alkanes of at least 4 members (excludes halogenated alkanes) is 1. The molecule has 18 heavy (non-hydrogen) atoms. The Balaban J connectivity index is 1.93. The molecule has 1 amide bonds. The van der Waals surface area contributed by atoms with Crippen LogP contribution in [-0.2, 0) is 9.53 Å². The number of likely N-dealkylation sites (tertiary alicyclic amines) is 1. The van der Waals surface area contributed by atoms with Crippen molar-refractivity contribution in [3.63, 3.8) is 0 Å². The van der Waals surface area contributed by atoms with E-state index in [4.69, 9.17) is 4.74 Å². The Morgan fingerprint density at radius 3 is 2.56 bits per heavy atom. The van der Waals surface area contributed by atoms with Crippen molar-refractivity contribution >= 4 is 5.91 Å². The molecule has 1 fully saturated rings. The van der Waals surface area contributed by atoms with Crippen LogP contribution in [-0.4, -0.2) is 49.7 Å². The van der Waals surface area contributed by atoms with Crippen LogP contribution in [0.15, 0.2) is 0 Å². The van der Waals surface area contributed by atoms with Gasteiger partial charge in [-0.25, -0.2) is 0 Å². The number of carbonyl (C=O) groups is 1. The lowest BCUT2D eigenvalue weighted by Gasteiger charge is -2.31. The second-order valence-corrected chi connectivity index (χ2v) is 5.05. The normalized spacial score (nSPS) is 17.1. The number of carbonyl (C=O) groups excluding carboxylic acids is 1. The quantitative estimate of drug-likeness (QED) is 0.673. The van der Waals surface area contributed by atoms with Gasteiger partial charge in [0.15, 0.2) is 0 Å². The van der Waals surface area contributed by atoms with Crippen LogP contribution in [0.25, 0.3) is 0 Å². The molecule has 0 unspecified atom stereocenters. The van der Waals surface area contributed by atoms with Crippen LogP contribution >= 0.6 is 0 Å². The molecule has 4 nitrogen and oxygen atoms in total. The van der Waals surface area contributed by atoms with E-state index in [1.165, 1.54) is 6.42 Å². The van der Waals surface area contributed by atoms with Gasteiger partial charge in [-0.15, -0.1) is 0 Å². The van der Waals surface area contributed by atoms with Gasteiger partial charge in [0.05, 0.1) is 0 Å². The number of hydrogen-bond donors (Lipinski definition) is 1. The van der Waals surface area contributed by atoms with Gasteiger partial charge in [-0.05, 0) is 32.2 Å². The molecule has 1 heterocycles. The predicted octanol–water partition coefficient (Wildman–Crippen LogP) is 1.79. The van der Waals surface area contributed by atoms with Gasteiger partial charge in [-0.3, -0.25) is 4.79 Å². The van der Waals surface area contributed by atoms with Crippen LogP contribution in [0.5, 0.6) is 0 Å². The number of nitrogens with zero attached hydrogens (tertiary/aromatic N) is 1. The number of ether oxygens (including phenoxy) is 1. The van der Waals surface area contributed by atoms with E-state index in [9.17, 15) is 4.79 Å². The Hall–Kier alpha value is -0.610. The monoisotopic (exact) mass is 256 g/mol. The zero-order valence-electron chi connectivity index (χ0n) is 11.9. The lowest BCUT2D eigenvalue weighted by atomic mass is 10.1. The number of nitrogens with one attached hydrogen (secondary N) is 1. The highest BCUT2D eigenvalue weighted by Crippen LogP contribution is 2.10. The summed E-state index contributed by atoms with van der Waals surface area (Å²) in [6.07, 6.45) is 5.60. The molecule has 1 saturated heterocycles. The standard InChI is InChI=1S/C14H28N2O2/c1-3-4-11-18-12-5-8-15-14-6-9-16(10-7-14)13(2)17/h14-15H,3-12H2,1-2H3. The Morgan fingerprint density at radius 2 is 1.94 bits per heavy atom. The molecule has 1 aliphatic heterocycles. The van der Waals surface area contributed by atoms with E-state index in [1.807, 2.05) is 4.90 Å². The topological polar surface area (TPSA) is 41.6 Å². The summed E-state index contributed by atoms with van der Waals surface area (Å²) in [6.45, 7) is 8.42. The maximum absolute atomic E-state index is 11.2. The van der Waals surface area contributed by atoms with Gasteiger partial charge in [0.1, 0.15) is 0 Å². The summed E-state index contributed by atoms with van der Waals surface area (Å²) >= 11 is 0. The van der Waals surface area contributed by atoms with Crippen LogP contribution in [0.4, 0.5) is 0 Å². The minimum Gasteiger partial charge on any atom is -0.381 e. The molecule has 0 spiro atoms. The zero-order valence-corrected chi connectivity index (χ0v) is 11.9. The second kappa shape index (κ2) is 9.34. The SMILES string of the molecule is CCCCOCCCNC1CCN(C(C)=O)CC1. The third-order valence-corrected chi connectivity index (χ3v) is 3.48. The first-order valence-electron chi connectivity index (χ1n) is 7.30. The van der Waals surface area contributed by atoms with Crippen molar-refractivity contribution in [3.8, 4) is 0 Å². The van der Waals surface area contributed by atoms with Gasteiger partial charge in [0.25, 0.3) is 0 Å². The molecule has 0 aliphatic carbocycles. The number of rotatable bonds is 8. The first kappa shape index (κ1) is 15.4. The van der Waals surface area contributed by atoms with Crippen LogP contribution in [0.2, 0.25) is 0 Å². The molecule has 0 radical (unpaired) electrons. The highest BCUT2D eigenvalue weighted by atomic mass is 16.5. The average Bonchev–Trinajstić information content (AvgIpc) is 2.38. The summed E-state index contributed by atoms with van der Waals surface area (Å²) in [7, 11) is 0. The van der Waals surface area contributed by atoms with E-state index in [-0.39, 0.29) is 5.91 Å². The fraction of sp³-hybridized carbons (Fsp3) is 0.929. The molecule has 0 bridgehead atoms. The molecule has 1 aliphatic rings. The summed E-state index contributed by atoms with van der Waals surface area (Å²) in [4.78, 5) is 13.1. The van der Waals surface area contributed by atoms with Gasteiger partial charge in [0.2, 0.25) is 5.91 Å². The Morgan fingerprint density at radius 1 is 1.28 bits per heavy atom. The number of amides is 1. The van der Waals surface area contributed by atoms with Gasteiger partial charge >= 0.3 is 0 Å². The Labute approximate surface area is 111 Å². The third kappa shape index (κ3) is 6.36. The van der Waals surface area contributed by atoms with Crippen molar-refractivity contribution in [1.29, 1.82) is 0 Å². The van der Waals surface area contributed by atoms with E-state index in [0.717, 1.165) is 58.5 Å². The minimum atomic E-state index is 0.206. The van der Waals surface area contributed by atoms with Crippen LogP contribution < -0.4 is 5.32 Å². The van der Waals surface area contributed by atoms with E-state index in [0.29, 0.717) is 6.04 Å². The first-order valence-corrected chi connectivity index (χ1v) is 7.30. The van der Waals surface area contributed by atoms with Crippen molar-refractivity contribution in [3.05, 3.63) is 0 Å².